The number of nitrogens with one attached hydrogen (secondary N) is 3. The van der Waals surface area contributed by atoms with Gasteiger partial charge in [-0.3, -0.25) is 4.79 Å². The Bertz CT molecular complexity index is 1380. The topological polar surface area (TPSA) is 132 Å². The molecule has 0 aliphatic carbocycles. The minimum Gasteiger partial charge on any atom is -0.488 e. The van der Waals surface area contributed by atoms with Crippen LogP contribution in [0.5, 0.6) is 5.75 Å². The van der Waals surface area contributed by atoms with Crippen LogP contribution in [0, 0.1) is 18.2 Å². The first kappa shape index (κ1) is 26.9. The molecule has 10 nitrogen and oxygen atoms in total. The number of hydrogen-bond acceptors (Lipinski definition) is 9. The zero-order chi connectivity index (χ0) is 27.3. The summed E-state index contributed by atoms with van der Waals surface area (Å²) in [5.74, 6) is 1.75. The van der Waals surface area contributed by atoms with Gasteiger partial charge in [0.05, 0.1) is 42.8 Å². The molecule has 0 saturated carbocycles. The van der Waals surface area contributed by atoms with Crippen molar-refractivity contribution in [3.63, 3.8) is 0 Å². The Morgan fingerprint density at radius 2 is 2.16 bits per heavy atom. The van der Waals surface area contributed by atoms with Gasteiger partial charge < -0.3 is 35.8 Å². The molecule has 1 atom stereocenters. The number of halogens is 2. The number of hydrogen-bond donors (Lipinski definition) is 5. The highest BCUT2D eigenvalue weighted by molar-refractivity contribution is 6.33. The van der Waals surface area contributed by atoms with E-state index >= 15 is 0 Å². The van der Waals surface area contributed by atoms with Crippen LogP contribution in [0.25, 0.3) is 0 Å². The SMILES string of the molecule is C#CCNC(=O)c1cccc(F)c1Nc1nc(Nc2ccc3c(c2)OCC(O)(CO)CN3CC)ncc1Cl. The first-order valence-electron chi connectivity index (χ1n) is 11.7. The van der Waals surface area contributed by atoms with Crippen molar-refractivity contribution >= 4 is 46.3 Å². The lowest BCUT2D eigenvalue weighted by Gasteiger charge is -2.29. The molecule has 5 N–H and O–H groups in total. The van der Waals surface area contributed by atoms with Gasteiger partial charge in [0, 0.05) is 18.3 Å². The van der Waals surface area contributed by atoms with Crippen molar-refractivity contribution in [3.05, 3.63) is 59.0 Å². The second kappa shape index (κ2) is 11.5. The third-order valence-corrected chi connectivity index (χ3v) is 6.09. The highest BCUT2D eigenvalue weighted by atomic mass is 35.5. The summed E-state index contributed by atoms with van der Waals surface area (Å²) in [5.41, 5.74) is -0.162. The molecule has 0 bridgehead atoms. The Kier molecular flexibility index (Phi) is 8.16. The van der Waals surface area contributed by atoms with Gasteiger partial charge in [-0.25, -0.2) is 9.37 Å². The number of likely N-dealkylation sites (N-methyl/N-ethyl adjacent to an activating group) is 1. The molecule has 0 fully saturated rings. The smallest absolute Gasteiger partial charge is 0.254 e. The van der Waals surface area contributed by atoms with Gasteiger partial charge >= 0.3 is 0 Å². The van der Waals surface area contributed by atoms with Crippen LogP contribution in [0.2, 0.25) is 5.02 Å². The molecule has 38 heavy (non-hydrogen) atoms. The van der Waals surface area contributed by atoms with E-state index in [9.17, 15) is 19.4 Å². The summed E-state index contributed by atoms with van der Waals surface area (Å²) >= 11 is 6.27. The van der Waals surface area contributed by atoms with Gasteiger partial charge in [-0.15, -0.1) is 6.42 Å². The summed E-state index contributed by atoms with van der Waals surface area (Å²) in [6, 6.07) is 9.36. The predicted octanol–water partition coefficient (Wildman–Crippen LogP) is 3.06. The fourth-order valence-corrected chi connectivity index (χ4v) is 4.01. The van der Waals surface area contributed by atoms with E-state index in [1.54, 1.807) is 12.1 Å². The maximum atomic E-state index is 14.7. The number of carbonyl (C=O) groups is 1. The quantitative estimate of drug-likeness (QED) is 0.273. The van der Waals surface area contributed by atoms with Gasteiger partial charge in [-0.05, 0) is 31.2 Å². The van der Waals surface area contributed by atoms with E-state index in [1.165, 1.54) is 24.4 Å². The molecule has 12 heteroatoms. The van der Waals surface area contributed by atoms with Crippen molar-refractivity contribution < 1.29 is 24.1 Å². The number of fused-ring (bicyclic) bond motifs is 1. The molecular formula is C26H26ClFN6O4. The van der Waals surface area contributed by atoms with Crippen LogP contribution in [-0.4, -0.2) is 64.5 Å². The summed E-state index contributed by atoms with van der Waals surface area (Å²) in [5, 5.41) is 28.7. The minimum atomic E-state index is -1.40. The second-order valence-electron chi connectivity index (χ2n) is 8.56. The fraction of sp³-hybridized carbons (Fsp3) is 0.269. The molecule has 1 aromatic heterocycles. The molecule has 0 spiro atoms. The van der Waals surface area contributed by atoms with Crippen molar-refractivity contribution in [1.29, 1.82) is 0 Å². The standard InChI is InChI=1S/C26H26ClFN6O4/c1-3-10-29-24(36)17-6-5-7-19(28)22(17)32-23-18(27)12-30-25(33-23)31-16-8-9-20-21(11-16)38-15-26(37,14-35)13-34(20)4-2/h1,5-9,11-12,35,37H,4,10,13-15H2,2H3,(H,29,36)(H2,30,31,32,33). The molecular weight excluding hydrogens is 515 g/mol. The third kappa shape index (κ3) is 5.89. The van der Waals surface area contributed by atoms with E-state index in [2.05, 4.69) is 31.8 Å². The third-order valence-electron chi connectivity index (χ3n) is 5.81. The summed E-state index contributed by atoms with van der Waals surface area (Å²) in [6.07, 6.45) is 6.53. The Morgan fingerprint density at radius 3 is 2.89 bits per heavy atom. The van der Waals surface area contributed by atoms with Crippen molar-refractivity contribution in [2.45, 2.75) is 12.5 Å². The second-order valence-corrected chi connectivity index (χ2v) is 8.96. The predicted molar refractivity (Wildman–Crippen MR) is 143 cm³/mol. The number of aromatic nitrogens is 2. The number of para-hydroxylation sites is 1. The van der Waals surface area contributed by atoms with Crippen molar-refractivity contribution in [2.24, 2.45) is 0 Å². The van der Waals surface area contributed by atoms with Crippen LogP contribution in [-0.2, 0) is 0 Å². The minimum absolute atomic E-state index is 0.0169. The van der Waals surface area contributed by atoms with E-state index in [1.807, 2.05) is 17.9 Å². The number of anilines is 5. The average molecular weight is 541 g/mol. The summed E-state index contributed by atoms with van der Waals surface area (Å²) in [4.78, 5) is 22.9. The molecule has 1 amide bonds. The number of carbonyl (C=O) groups excluding carboxylic acids is 1. The molecule has 2 heterocycles. The lowest BCUT2D eigenvalue weighted by atomic mass is 10.1. The number of aliphatic hydroxyl groups is 2. The number of β-amino-alcohol motifs (C(OH)–C–C–N with tert-alkyl or cyclic N) is 1. The van der Waals surface area contributed by atoms with Crippen LogP contribution in [0.1, 0.15) is 17.3 Å². The molecule has 0 saturated heterocycles. The van der Waals surface area contributed by atoms with Crippen LogP contribution < -0.4 is 25.6 Å². The van der Waals surface area contributed by atoms with Gasteiger partial charge in [-0.2, -0.15) is 4.98 Å². The van der Waals surface area contributed by atoms with Gasteiger partial charge in [0.1, 0.15) is 28.8 Å². The normalized spacial score (nSPS) is 16.5. The number of rotatable bonds is 8. The highest BCUT2D eigenvalue weighted by Crippen LogP contribution is 2.36. The fourth-order valence-electron chi connectivity index (χ4n) is 3.87. The zero-order valence-corrected chi connectivity index (χ0v) is 21.2. The summed E-state index contributed by atoms with van der Waals surface area (Å²) in [7, 11) is 0. The number of terminal acetylenes is 1. The number of aliphatic hydroxyl groups excluding tert-OH is 1. The van der Waals surface area contributed by atoms with Crippen LogP contribution in [0.15, 0.2) is 42.6 Å². The van der Waals surface area contributed by atoms with Crippen molar-refractivity contribution in [1.82, 2.24) is 15.3 Å². The Balaban J connectivity index is 1.59. The monoisotopic (exact) mass is 540 g/mol. The summed E-state index contributed by atoms with van der Waals surface area (Å²) in [6.45, 7) is 2.22. The number of benzene rings is 2. The molecule has 4 rings (SSSR count). The van der Waals surface area contributed by atoms with E-state index in [0.717, 1.165) is 5.69 Å². The van der Waals surface area contributed by atoms with Gasteiger partial charge in [0.15, 0.2) is 5.82 Å². The van der Waals surface area contributed by atoms with E-state index in [-0.39, 0.29) is 47.7 Å². The van der Waals surface area contributed by atoms with Gasteiger partial charge in [0.2, 0.25) is 5.95 Å². The van der Waals surface area contributed by atoms with E-state index in [4.69, 9.17) is 22.8 Å². The highest BCUT2D eigenvalue weighted by Gasteiger charge is 2.34. The molecule has 198 valence electrons. The lowest BCUT2D eigenvalue weighted by molar-refractivity contribution is -0.0374. The first-order valence-corrected chi connectivity index (χ1v) is 12.1. The lowest BCUT2D eigenvalue weighted by Crippen LogP contribution is -2.48. The molecule has 2 aromatic carbocycles. The average Bonchev–Trinajstić information content (AvgIpc) is 3.06. The van der Waals surface area contributed by atoms with Crippen LogP contribution in [0.3, 0.4) is 0 Å². The molecule has 1 aliphatic heterocycles. The first-order chi connectivity index (χ1) is 18.3. The number of ether oxygens (including phenoxy) is 1. The van der Waals surface area contributed by atoms with Gasteiger partial charge in [0.25, 0.3) is 5.91 Å². The summed E-state index contributed by atoms with van der Waals surface area (Å²) < 4.78 is 20.5. The molecule has 0 radical (unpaired) electrons. The van der Waals surface area contributed by atoms with Crippen LogP contribution in [0.4, 0.5) is 33.2 Å². The molecule has 3 aromatic rings. The Labute approximate surface area is 223 Å². The number of amides is 1. The molecule has 1 unspecified atom stereocenters. The zero-order valence-electron chi connectivity index (χ0n) is 20.5. The Morgan fingerprint density at radius 1 is 1.34 bits per heavy atom. The van der Waals surface area contributed by atoms with E-state index in [0.29, 0.717) is 18.0 Å². The maximum Gasteiger partial charge on any atom is 0.254 e. The Hall–Kier alpha value is -4.11. The maximum absolute atomic E-state index is 14.7. The van der Waals surface area contributed by atoms with Gasteiger partial charge in [-0.1, -0.05) is 23.6 Å². The van der Waals surface area contributed by atoms with Crippen molar-refractivity contribution in [3.8, 4) is 18.1 Å². The van der Waals surface area contributed by atoms with Crippen molar-refractivity contribution in [2.75, 3.05) is 48.4 Å². The largest absolute Gasteiger partial charge is 0.488 e. The van der Waals surface area contributed by atoms with E-state index < -0.39 is 23.9 Å². The number of nitrogens with zero attached hydrogens (tertiary/aromatic N) is 3. The molecule has 1 aliphatic rings. The van der Waals surface area contributed by atoms with Crippen LogP contribution >= 0.6 is 11.6 Å².